The minimum absolute atomic E-state index is 0.0230. The van der Waals surface area contributed by atoms with Gasteiger partial charge in [0, 0.05) is 26.7 Å². The molecule has 0 fully saturated rings. The summed E-state index contributed by atoms with van der Waals surface area (Å²) in [6.45, 7) is 3.81. The van der Waals surface area contributed by atoms with E-state index < -0.39 is 0 Å². The number of urea groups is 1. The van der Waals surface area contributed by atoms with Gasteiger partial charge < -0.3 is 20.6 Å². The van der Waals surface area contributed by atoms with Crippen LogP contribution in [0.2, 0.25) is 0 Å². The van der Waals surface area contributed by atoms with Gasteiger partial charge in [-0.2, -0.15) is 0 Å². The topological polar surface area (TPSA) is 64.6 Å². The minimum Gasteiger partial charge on any atom is -0.396 e. The fourth-order valence-electron chi connectivity index (χ4n) is 1.63. The molecule has 2 amide bonds. The molecule has 5 nitrogen and oxygen atoms in total. The van der Waals surface area contributed by atoms with E-state index in [1.807, 2.05) is 57.1 Å². The molecule has 2 unspecified atom stereocenters. The molecule has 5 heteroatoms. The molecule has 0 spiro atoms. The van der Waals surface area contributed by atoms with E-state index in [4.69, 9.17) is 5.11 Å². The lowest BCUT2D eigenvalue weighted by atomic mass is 10.1. The molecule has 3 N–H and O–H groups in total. The number of amides is 2. The summed E-state index contributed by atoms with van der Waals surface area (Å²) >= 11 is 0. The van der Waals surface area contributed by atoms with Gasteiger partial charge in [-0.3, -0.25) is 0 Å². The molecule has 106 valence electrons. The van der Waals surface area contributed by atoms with E-state index in [1.54, 1.807) is 0 Å². The first kappa shape index (κ1) is 15.3. The van der Waals surface area contributed by atoms with Crippen molar-refractivity contribution in [1.29, 1.82) is 0 Å². The predicted molar refractivity (Wildman–Crippen MR) is 78.6 cm³/mol. The van der Waals surface area contributed by atoms with Gasteiger partial charge in [0.1, 0.15) is 0 Å². The van der Waals surface area contributed by atoms with E-state index in [-0.39, 0.29) is 24.6 Å². The number of hydrogen-bond donors (Lipinski definition) is 3. The van der Waals surface area contributed by atoms with Gasteiger partial charge >= 0.3 is 6.03 Å². The molecular formula is C14H23N3O2. The van der Waals surface area contributed by atoms with Crippen molar-refractivity contribution in [2.24, 2.45) is 5.92 Å². The molecule has 1 aromatic rings. The van der Waals surface area contributed by atoms with Crippen LogP contribution in [-0.2, 0) is 0 Å². The van der Waals surface area contributed by atoms with Crippen molar-refractivity contribution in [3.8, 4) is 0 Å². The van der Waals surface area contributed by atoms with Gasteiger partial charge in [-0.05, 0) is 25.0 Å². The molecule has 0 aliphatic heterocycles. The average Bonchev–Trinajstić information content (AvgIpc) is 2.37. The van der Waals surface area contributed by atoms with Gasteiger partial charge in [0.15, 0.2) is 0 Å². The molecule has 0 saturated carbocycles. The number of nitrogens with zero attached hydrogens (tertiary/aromatic N) is 1. The Hall–Kier alpha value is -1.75. The van der Waals surface area contributed by atoms with E-state index in [1.165, 1.54) is 0 Å². The third-order valence-corrected chi connectivity index (χ3v) is 3.13. The van der Waals surface area contributed by atoms with Crippen molar-refractivity contribution in [2.75, 3.05) is 30.9 Å². The first-order chi connectivity index (χ1) is 8.95. The Balaban J connectivity index is 2.67. The summed E-state index contributed by atoms with van der Waals surface area (Å²) < 4.78 is 0. The third kappa shape index (κ3) is 4.44. The number of aliphatic hydroxyl groups excluding tert-OH is 1. The van der Waals surface area contributed by atoms with Crippen LogP contribution in [0.1, 0.15) is 13.8 Å². The standard InChI is InChI=1S/C14H23N3O2/c1-10(9-18)11(2)15-14(19)16-12-7-5-6-8-13(12)17(3)4/h5-8,10-11,18H,9H2,1-4H3,(H2,15,16,19). The third-order valence-electron chi connectivity index (χ3n) is 3.13. The first-order valence-corrected chi connectivity index (χ1v) is 6.40. The molecule has 2 atom stereocenters. The number of anilines is 2. The molecule has 0 aliphatic carbocycles. The maximum absolute atomic E-state index is 11.9. The molecule has 1 rings (SSSR count). The molecule has 1 aromatic carbocycles. The van der Waals surface area contributed by atoms with Crippen molar-refractivity contribution in [3.63, 3.8) is 0 Å². The maximum Gasteiger partial charge on any atom is 0.319 e. The van der Waals surface area contributed by atoms with Gasteiger partial charge in [-0.25, -0.2) is 4.79 Å². The zero-order chi connectivity index (χ0) is 14.4. The number of aliphatic hydroxyl groups is 1. The number of carbonyl (C=O) groups excluding carboxylic acids is 1. The van der Waals surface area contributed by atoms with Crippen LogP contribution >= 0.6 is 0 Å². The molecule has 0 aliphatic rings. The van der Waals surface area contributed by atoms with E-state index >= 15 is 0 Å². The van der Waals surface area contributed by atoms with Crippen LogP contribution in [0.15, 0.2) is 24.3 Å². The van der Waals surface area contributed by atoms with E-state index in [2.05, 4.69) is 10.6 Å². The molecule has 0 aromatic heterocycles. The van der Waals surface area contributed by atoms with Crippen LogP contribution in [0.25, 0.3) is 0 Å². The number of rotatable bonds is 5. The van der Waals surface area contributed by atoms with Crippen molar-refractivity contribution in [3.05, 3.63) is 24.3 Å². The van der Waals surface area contributed by atoms with Crippen molar-refractivity contribution in [1.82, 2.24) is 5.32 Å². The molecular weight excluding hydrogens is 242 g/mol. The highest BCUT2D eigenvalue weighted by molar-refractivity contribution is 5.93. The van der Waals surface area contributed by atoms with E-state index in [0.717, 1.165) is 11.4 Å². The Morgan fingerprint density at radius 1 is 1.32 bits per heavy atom. The summed E-state index contributed by atoms with van der Waals surface area (Å²) in [4.78, 5) is 13.8. The highest BCUT2D eigenvalue weighted by atomic mass is 16.3. The Morgan fingerprint density at radius 3 is 2.53 bits per heavy atom. The zero-order valence-electron chi connectivity index (χ0n) is 12.0. The monoisotopic (exact) mass is 265 g/mol. The molecule has 0 saturated heterocycles. The Morgan fingerprint density at radius 2 is 1.95 bits per heavy atom. The van der Waals surface area contributed by atoms with E-state index in [0.29, 0.717) is 0 Å². The number of nitrogens with one attached hydrogen (secondary N) is 2. The van der Waals surface area contributed by atoms with Gasteiger partial charge in [-0.15, -0.1) is 0 Å². The smallest absolute Gasteiger partial charge is 0.319 e. The summed E-state index contributed by atoms with van der Waals surface area (Å²) in [6.07, 6.45) is 0. The SMILES string of the molecule is CC(CO)C(C)NC(=O)Nc1ccccc1N(C)C. The van der Waals surface area contributed by atoms with Crippen LogP contribution in [0, 0.1) is 5.92 Å². The molecule has 0 heterocycles. The van der Waals surface area contributed by atoms with Crippen LogP contribution in [0.5, 0.6) is 0 Å². The summed E-state index contributed by atoms with van der Waals surface area (Å²) in [5, 5.41) is 14.7. The highest BCUT2D eigenvalue weighted by Crippen LogP contribution is 2.23. The maximum atomic E-state index is 11.9. The normalized spacial score (nSPS) is 13.5. The number of carbonyl (C=O) groups is 1. The van der Waals surface area contributed by atoms with Crippen LogP contribution in [0.3, 0.4) is 0 Å². The van der Waals surface area contributed by atoms with Crippen LogP contribution < -0.4 is 15.5 Å². The summed E-state index contributed by atoms with van der Waals surface area (Å²) in [7, 11) is 3.85. The summed E-state index contributed by atoms with van der Waals surface area (Å²) in [6, 6.07) is 7.25. The quantitative estimate of drug-likeness (QED) is 0.761. The average molecular weight is 265 g/mol. The zero-order valence-corrected chi connectivity index (χ0v) is 12.0. The number of benzene rings is 1. The Bertz CT molecular complexity index is 421. The van der Waals surface area contributed by atoms with Gasteiger partial charge in [0.05, 0.1) is 11.4 Å². The van der Waals surface area contributed by atoms with Gasteiger partial charge in [-0.1, -0.05) is 19.1 Å². The summed E-state index contributed by atoms with van der Waals surface area (Å²) in [5.74, 6) is 0.0230. The van der Waals surface area contributed by atoms with Crippen molar-refractivity contribution in [2.45, 2.75) is 19.9 Å². The summed E-state index contributed by atoms with van der Waals surface area (Å²) in [5.41, 5.74) is 1.70. The molecule has 0 radical (unpaired) electrons. The highest BCUT2D eigenvalue weighted by Gasteiger charge is 2.14. The van der Waals surface area contributed by atoms with Crippen molar-refractivity contribution >= 4 is 17.4 Å². The molecule has 19 heavy (non-hydrogen) atoms. The predicted octanol–water partition coefficient (Wildman–Crippen LogP) is 1.89. The fourth-order valence-corrected chi connectivity index (χ4v) is 1.63. The second-order valence-corrected chi connectivity index (χ2v) is 4.96. The second-order valence-electron chi connectivity index (χ2n) is 4.96. The van der Waals surface area contributed by atoms with Crippen molar-refractivity contribution < 1.29 is 9.90 Å². The van der Waals surface area contributed by atoms with E-state index in [9.17, 15) is 4.79 Å². The van der Waals surface area contributed by atoms with Crippen LogP contribution in [0.4, 0.5) is 16.2 Å². The number of hydrogen-bond acceptors (Lipinski definition) is 3. The molecule has 0 bridgehead atoms. The lowest BCUT2D eigenvalue weighted by molar-refractivity contribution is 0.204. The lowest BCUT2D eigenvalue weighted by Crippen LogP contribution is -2.41. The number of para-hydroxylation sites is 2. The fraction of sp³-hybridized carbons (Fsp3) is 0.500. The van der Waals surface area contributed by atoms with Crippen LogP contribution in [-0.4, -0.2) is 37.9 Å². The lowest BCUT2D eigenvalue weighted by Gasteiger charge is -2.21. The Labute approximate surface area is 114 Å². The second kappa shape index (κ2) is 6.99. The first-order valence-electron chi connectivity index (χ1n) is 6.40. The van der Waals surface area contributed by atoms with Gasteiger partial charge in [0.25, 0.3) is 0 Å². The largest absolute Gasteiger partial charge is 0.396 e. The minimum atomic E-state index is -0.262. The van der Waals surface area contributed by atoms with Gasteiger partial charge in [0.2, 0.25) is 0 Å². The Kier molecular flexibility index (Phi) is 5.63.